The molecule has 19 nitrogen and oxygen atoms in total. The number of aliphatic carboxylic acids is 1. The van der Waals surface area contributed by atoms with Crippen LogP contribution in [0.25, 0.3) is 0 Å². The summed E-state index contributed by atoms with van der Waals surface area (Å²) in [7, 11) is 0. The molecular formula is C57H87NO18. The zero-order valence-corrected chi connectivity index (χ0v) is 44.3. The topological polar surface area (TPSA) is 337 Å². The molecule has 0 saturated carbocycles. The maximum absolute atomic E-state index is 13.3. The van der Waals surface area contributed by atoms with Crippen LogP contribution in [0.2, 0.25) is 0 Å². The molecule has 0 aliphatic carbocycles. The SMILES string of the molecule is C/C=C/C=C/C(=O)CC(O)CCC(C)C1OC(=O)CC(O)CC(O)CCCC(O)CC(O)CC(O)CC2(O)CC(O)C(C(=O)O)C(CC(OC3O[C@H](C)[C@@H](O)[C@H](N)[C@@H]3O)/C=C/C=C/C=C\C=C/C=C/C=C/C=C\C1C)O2. The van der Waals surface area contributed by atoms with Gasteiger partial charge in [0.15, 0.2) is 17.9 Å². The van der Waals surface area contributed by atoms with Crippen LogP contribution in [0.3, 0.4) is 0 Å². The van der Waals surface area contributed by atoms with Gasteiger partial charge in [0.2, 0.25) is 0 Å². The van der Waals surface area contributed by atoms with Crippen LogP contribution < -0.4 is 5.73 Å². The van der Waals surface area contributed by atoms with E-state index in [9.17, 15) is 70.6 Å². The van der Waals surface area contributed by atoms with Crippen LogP contribution in [0.1, 0.15) is 111 Å². The lowest BCUT2D eigenvalue weighted by molar-refractivity contribution is -0.308. The fraction of sp³-hybridized carbons (Fsp3) is 0.632. The molecule has 2 bridgehead atoms. The van der Waals surface area contributed by atoms with Crippen LogP contribution in [0.15, 0.2) is 109 Å². The van der Waals surface area contributed by atoms with Crippen molar-refractivity contribution in [2.24, 2.45) is 23.5 Å². The summed E-state index contributed by atoms with van der Waals surface area (Å²) < 4.78 is 23.7. The van der Waals surface area contributed by atoms with E-state index in [1.54, 1.807) is 85.1 Å². The lowest BCUT2D eigenvalue weighted by Gasteiger charge is -2.45. The minimum absolute atomic E-state index is 0.0553. The number of rotatable bonds is 11. The molecule has 0 aromatic heterocycles. The lowest BCUT2D eigenvalue weighted by atomic mass is 9.82. The standard InChI is InChI=1S/C57H87NO18/c1-5-6-17-22-39(59)28-42(62)27-26-37(3)54-36(2)21-18-15-13-11-9-7-8-10-12-14-16-19-25-46(74-56-53(69)51(58)52(68)38(4)73-56)33-48-50(55(70)71)47(66)35-57(72,76-48)34-45(65)31-43(63)29-40(60)23-20-24-41(61)30-44(64)32-49(67)75-54/h5-19,21-22,25,36-38,40-48,50-54,56,60-66,68-69,72H,20,23-24,26-35,58H2,1-4H3,(H,70,71)/b6-5+,8-7-,11-9+,12-10-,15-13+,16-14+,21-18-,22-17+,25-19+/t36?,37?,38-,40?,41?,42?,43?,44?,45?,46?,47?,48?,50?,51+,52-,53+,54?,56?,57?/m1/s1. The molecular weight excluding hydrogens is 987 g/mol. The number of esters is 1. The number of hydrogen-bond acceptors (Lipinski definition) is 18. The molecule has 3 rings (SSSR count). The van der Waals surface area contributed by atoms with Crippen molar-refractivity contribution in [2.75, 3.05) is 0 Å². The van der Waals surface area contributed by atoms with Crippen molar-refractivity contribution in [3.63, 3.8) is 0 Å². The third kappa shape index (κ3) is 24.6. The first-order chi connectivity index (χ1) is 36.0. The van der Waals surface area contributed by atoms with Crippen molar-refractivity contribution in [1.29, 1.82) is 0 Å². The van der Waals surface area contributed by atoms with Crippen molar-refractivity contribution in [2.45, 2.75) is 209 Å². The van der Waals surface area contributed by atoms with Crippen LogP contribution in [0.5, 0.6) is 0 Å². The van der Waals surface area contributed by atoms with E-state index in [0.717, 1.165) is 0 Å². The highest BCUT2D eigenvalue weighted by Crippen LogP contribution is 2.38. The molecule has 3 aliphatic heterocycles. The van der Waals surface area contributed by atoms with Gasteiger partial charge in [-0.1, -0.05) is 117 Å². The molecule has 19 heteroatoms. The number of ether oxygens (including phenoxy) is 4. The Labute approximate surface area is 447 Å². The second kappa shape index (κ2) is 34.6. The van der Waals surface area contributed by atoms with Crippen LogP contribution in [-0.2, 0) is 33.3 Å². The van der Waals surface area contributed by atoms with E-state index in [2.05, 4.69) is 0 Å². The van der Waals surface area contributed by atoms with E-state index in [4.69, 9.17) is 24.7 Å². The Morgan fingerprint density at radius 1 is 0.763 bits per heavy atom. The summed E-state index contributed by atoms with van der Waals surface area (Å²) in [6.07, 6.45) is 12.8. The number of fused-ring (bicyclic) bond motifs is 2. The summed E-state index contributed by atoms with van der Waals surface area (Å²) in [5, 5.41) is 119. The number of aliphatic hydroxyl groups is 10. The molecule has 0 spiro atoms. The third-order valence-corrected chi connectivity index (χ3v) is 13.6. The van der Waals surface area contributed by atoms with Crippen molar-refractivity contribution in [3.8, 4) is 0 Å². The van der Waals surface area contributed by atoms with Gasteiger partial charge >= 0.3 is 11.9 Å². The molecule has 2 fully saturated rings. The first kappa shape index (κ1) is 66.0. The van der Waals surface area contributed by atoms with Gasteiger partial charge in [-0.25, -0.2) is 0 Å². The normalized spacial score (nSPS) is 39.7. The molecule has 15 unspecified atom stereocenters. The summed E-state index contributed by atoms with van der Waals surface area (Å²) in [4.78, 5) is 38.1. The Balaban J connectivity index is 1.85. The highest BCUT2D eigenvalue weighted by Gasteiger charge is 2.51. The van der Waals surface area contributed by atoms with Gasteiger partial charge in [0.25, 0.3) is 0 Å². The smallest absolute Gasteiger partial charge is 0.311 e. The number of cyclic esters (lactones) is 1. The third-order valence-electron chi connectivity index (χ3n) is 13.6. The quantitative estimate of drug-likeness (QED) is 0.0802. The van der Waals surface area contributed by atoms with Gasteiger partial charge in [-0.15, -0.1) is 0 Å². The number of allylic oxidation sites excluding steroid dienone is 16. The first-order valence-electron chi connectivity index (χ1n) is 26.5. The number of carboxylic acids is 1. The number of nitrogens with two attached hydrogens (primary N) is 1. The van der Waals surface area contributed by atoms with Crippen molar-refractivity contribution >= 4 is 17.7 Å². The molecule has 13 N–H and O–H groups in total. The van der Waals surface area contributed by atoms with Gasteiger partial charge in [-0.3, -0.25) is 14.4 Å². The Hall–Kier alpha value is -4.29. The average Bonchev–Trinajstić information content (AvgIpc) is 3.32. The number of aliphatic hydroxyl groups excluding tert-OH is 9. The van der Waals surface area contributed by atoms with E-state index in [1.165, 1.54) is 19.1 Å². The highest BCUT2D eigenvalue weighted by atomic mass is 16.7. The predicted molar refractivity (Wildman–Crippen MR) is 283 cm³/mol. The second-order valence-corrected chi connectivity index (χ2v) is 20.5. The van der Waals surface area contributed by atoms with Crippen LogP contribution in [-0.4, -0.2) is 171 Å². The summed E-state index contributed by atoms with van der Waals surface area (Å²) >= 11 is 0. The Bertz CT molecular complexity index is 2020. The number of carbonyl (C=O) groups excluding carboxylic acids is 2. The summed E-state index contributed by atoms with van der Waals surface area (Å²) in [6.45, 7) is 7.13. The fourth-order valence-electron chi connectivity index (χ4n) is 9.52. The largest absolute Gasteiger partial charge is 0.481 e. The summed E-state index contributed by atoms with van der Waals surface area (Å²) in [6, 6.07) is -1.15. The minimum Gasteiger partial charge on any atom is -0.481 e. The van der Waals surface area contributed by atoms with Gasteiger partial charge in [0.05, 0.1) is 79.6 Å². The molecule has 0 amide bonds. The number of ketones is 1. The predicted octanol–water partition coefficient (Wildman–Crippen LogP) is 3.34. The highest BCUT2D eigenvalue weighted by molar-refractivity contribution is 5.90. The lowest BCUT2D eigenvalue weighted by Crippen LogP contribution is -2.61. The fourth-order valence-corrected chi connectivity index (χ4v) is 9.52. The zero-order valence-electron chi connectivity index (χ0n) is 44.3. The second-order valence-electron chi connectivity index (χ2n) is 20.5. The van der Waals surface area contributed by atoms with Gasteiger partial charge < -0.3 is 80.9 Å². The molecule has 3 aliphatic rings. The molecule has 0 aromatic carbocycles. The Morgan fingerprint density at radius 2 is 1.33 bits per heavy atom. The van der Waals surface area contributed by atoms with Crippen LogP contribution in [0, 0.1) is 17.8 Å². The maximum Gasteiger partial charge on any atom is 0.311 e. The van der Waals surface area contributed by atoms with Crippen molar-refractivity contribution in [3.05, 3.63) is 109 Å². The van der Waals surface area contributed by atoms with Gasteiger partial charge in [-0.2, -0.15) is 0 Å². The maximum atomic E-state index is 13.3. The first-order valence-corrected chi connectivity index (χ1v) is 26.5. The molecule has 0 aromatic rings. The number of carboxylic acid groups (broad SMARTS) is 1. The van der Waals surface area contributed by atoms with E-state index >= 15 is 0 Å². The minimum atomic E-state index is -2.28. The van der Waals surface area contributed by atoms with Gasteiger partial charge in [-0.05, 0) is 77.2 Å². The van der Waals surface area contributed by atoms with Gasteiger partial charge in [0, 0.05) is 31.6 Å². The van der Waals surface area contributed by atoms with E-state index in [-0.39, 0.29) is 75.4 Å². The number of hydrogen-bond donors (Lipinski definition) is 12. The summed E-state index contributed by atoms with van der Waals surface area (Å²) in [5.41, 5.74) is 6.05. The number of carbonyl (C=O) groups is 3. The molecule has 2 saturated heterocycles. The van der Waals surface area contributed by atoms with Crippen molar-refractivity contribution in [1.82, 2.24) is 0 Å². The summed E-state index contributed by atoms with van der Waals surface area (Å²) in [5.74, 6) is -6.75. The van der Waals surface area contributed by atoms with Crippen molar-refractivity contribution < 1.29 is 89.5 Å². The van der Waals surface area contributed by atoms with E-state index in [0.29, 0.717) is 6.42 Å². The molecule has 3 heterocycles. The van der Waals surface area contributed by atoms with Crippen LogP contribution >= 0.6 is 0 Å². The Kier molecular flexibility index (Phi) is 30.0. The molecule has 0 radical (unpaired) electrons. The molecule has 76 heavy (non-hydrogen) atoms. The van der Waals surface area contributed by atoms with Crippen LogP contribution in [0.4, 0.5) is 0 Å². The molecule has 19 atom stereocenters. The molecule has 428 valence electrons. The van der Waals surface area contributed by atoms with E-state index < -0.39 is 135 Å². The van der Waals surface area contributed by atoms with Gasteiger partial charge in [0.1, 0.15) is 18.1 Å². The zero-order chi connectivity index (χ0) is 56.4. The van der Waals surface area contributed by atoms with E-state index in [1.807, 2.05) is 32.9 Å². The monoisotopic (exact) mass is 1070 g/mol. The average molecular weight is 1070 g/mol. The Morgan fingerprint density at radius 3 is 1.92 bits per heavy atom.